The Morgan fingerprint density at radius 2 is 2.08 bits per heavy atom. The fourth-order valence-electron chi connectivity index (χ4n) is 3.37. The molecule has 0 spiro atoms. The molecule has 1 N–H and O–H groups in total. The van der Waals surface area contributed by atoms with Crippen LogP contribution >= 0.6 is 0 Å². The van der Waals surface area contributed by atoms with Crippen molar-refractivity contribution in [3.05, 3.63) is 59.7 Å². The molecule has 0 radical (unpaired) electrons. The quantitative estimate of drug-likeness (QED) is 0.918. The number of hydrogen-bond acceptors (Lipinski definition) is 3. The van der Waals surface area contributed by atoms with Gasteiger partial charge in [0.05, 0.1) is 13.5 Å². The van der Waals surface area contributed by atoms with Crippen molar-refractivity contribution in [3.63, 3.8) is 0 Å². The van der Waals surface area contributed by atoms with E-state index < -0.39 is 0 Å². The Bertz CT molecular complexity index is 714. The number of benzene rings is 2. The molecule has 1 saturated heterocycles. The number of phenolic OH excluding ortho intramolecular Hbond substituents is 1. The number of hydrogen-bond donors (Lipinski definition) is 1. The van der Waals surface area contributed by atoms with E-state index in [1.807, 2.05) is 29.2 Å². The maximum Gasteiger partial charge on any atom is 0.227 e. The molecule has 0 unspecified atom stereocenters. The molecule has 3 rings (SSSR count). The highest BCUT2D eigenvalue weighted by atomic mass is 16.5. The summed E-state index contributed by atoms with van der Waals surface area (Å²) in [5.74, 6) is 1.12. The van der Waals surface area contributed by atoms with E-state index in [-0.39, 0.29) is 24.1 Å². The number of aromatic hydroxyl groups is 1. The first-order valence-corrected chi connectivity index (χ1v) is 8.36. The maximum absolute atomic E-state index is 12.7. The van der Waals surface area contributed by atoms with Crippen molar-refractivity contribution in [2.75, 3.05) is 13.7 Å². The van der Waals surface area contributed by atoms with Gasteiger partial charge in [-0.1, -0.05) is 30.3 Å². The van der Waals surface area contributed by atoms with Gasteiger partial charge < -0.3 is 14.7 Å². The average molecular weight is 325 g/mol. The zero-order valence-corrected chi connectivity index (χ0v) is 13.9. The largest absolute Gasteiger partial charge is 0.508 e. The van der Waals surface area contributed by atoms with Gasteiger partial charge in [-0.25, -0.2) is 0 Å². The number of phenols is 1. The van der Waals surface area contributed by atoms with Gasteiger partial charge in [-0.05, 0) is 43.0 Å². The Balaban J connectivity index is 1.68. The van der Waals surface area contributed by atoms with Crippen LogP contribution in [0.3, 0.4) is 0 Å². The summed E-state index contributed by atoms with van der Waals surface area (Å²) >= 11 is 0. The third kappa shape index (κ3) is 3.70. The van der Waals surface area contributed by atoms with Gasteiger partial charge in [0.2, 0.25) is 5.91 Å². The number of amides is 1. The Morgan fingerprint density at radius 3 is 2.88 bits per heavy atom. The summed E-state index contributed by atoms with van der Waals surface area (Å²) in [7, 11) is 1.66. The van der Waals surface area contributed by atoms with Crippen molar-refractivity contribution in [1.82, 2.24) is 4.90 Å². The van der Waals surface area contributed by atoms with E-state index in [1.165, 1.54) is 5.56 Å². The molecule has 24 heavy (non-hydrogen) atoms. The molecule has 0 aromatic heterocycles. The van der Waals surface area contributed by atoms with Crippen molar-refractivity contribution in [2.24, 2.45) is 0 Å². The van der Waals surface area contributed by atoms with Crippen LogP contribution in [0, 0.1) is 0 Å². The highest BCUT2D eigenvalue weighted by Gasteiger charge is 2.29. The van der Waals surface area contributed by atoms with E-state index in [4.69, 9.17) is 4.74 Å². The van der Waals surface area contributed by atoms with Crippen LogP contribution < -0.4 is 4.74 Å². The molecule has 1 aliphatic heterocycles. The maximum atomic E-state index is 12.7. The summed E-state index contributed by atoms with van der Waals surface area (Å²) in [6.45, 7) is 0.793. The minimum absolute atomic E-state index is 0.0851. The van der Waals surface area contributed by atoms with Crippen molar-refractivity contribution < 1.29 is 14.6 Å². The van der Waals surface area contributed by atoms with Gasteiger partial charge in [0.25, 0.3) is 0 Å². The second kappa shape index (κ2) is 7.39. The lowest BCUT2D eigenvalue weighted by molar-refractivity contribution is -0.131. The van der Waals surface area contributed by atoms with Crippen LogP contribution in [0.1, 0.15) is 24.0 Å². The lowest BCUT2D eigenvalue weighted by Gasteiger charge is -2.25. The first-order valence-electron chi connectivity index (χ1n) is 8.36. The standard InChI is InChI=1S/C20H23NO3/c1-24-18-9-4-6-15(13-18)12-17-8-5-11-21(17)20(23)14-16-7-2-3-10-19(16)22/h2-4,6-7,9-10,13,17,22H,5,8,11-12,14H2,1H3/t17-/m1/s1. The van der Waals surface area contributed by atoms with Crippen molar-refractivity contribution in [2.45, 2.75) is 31.7 Å². The van der Waals surface area contributed by atoms with Gasteiger partial charge in [-0.15, -0.1) is 0 Å². The van der Waals surface area contributed by atoms with E-state index in [0.29, 0.717) is 5.56 Å². The molecule has 2 aromatic carbocycles. The Labute approximate surface area is 142 Å². The molecule has 126 valence electrons. The lowest BCUT2D eigenvalue weighted by Crippen LogP contribution is -2.37. The molecular formula is C20H23NO3. The minimum Gasteiger partial charge on any atom is -0.508 e. The van der Waals surface area contributed by atoms with Crippen molar-refractivity contribution in [1.29, 1.82) is 0 Å². The highest BCUT2D eigenvalue weighted by Crippen LogP contribution is 2.25. The average Bonchev–Trinajstić information content (AvgIpc) is 3.05. The normalized spacial score (nSPS) is 17.0. The molecular weight excluding hydrogens is 302 g/mol. The van der Waals surface area contributed by atoms with Crippen LogP contribution in [0.2, 0.25) is 0 Å². The van der Waals surface area contributed by atoms with E-state index in [2.05, 4.69) is 6.07 Å². The number of carbonyl (C=O) groups excluding carboxylic acids is 1. The van der Waals surface area contributed by atoms with E-state index in [0.717, 1.165) is 31.6 Å². The van der Waals surface area contributed by atoms with E-state index in [9.17, 15) is 9.90 Å². The number of para-hydroxylation sites is 1. The molecule has 0 saturated carbocycles. The summed E-state index contributed by atoms with van der Waals surface area (Å²) < 4.78 is 5.28. The highest BCUT2D eigenvalue weighted by molar-refractivity contribution is 5.80. The topological polar surface area (TPSA) is 49.8 Å². The Morgan fingerprint density at radius 1 is 1.25 bits per heavy atom. The molecule has 1 amide bonds. The SMILES string of the molecule is COc1cccc(C[C@H]2CCCN2C(=O)Cc2ccccc2O)c1. The van der Waals surface area contributed by atoms with Gasteiger partial charge in [0.15, 0.2) is 0 Å². The summed E-state index contributed by atoms with van der Waals surface area (Å²) in [5, 5.41) is 9.88. The number of likely N-dealkylation sites (tertiary alicyclic amines) is 1. The van der Waals surface area contributed by atoms with Crippen LogP contribution in [0.5, 0.6) is 11.5 Å². The molecule has 1 atom stereocenters. The van der Waals surface area contributed by atoms with Gasteiger partial charge >= 0.3 is 0 Å². The lowest BCUT2D eigenvalue weighted by atomic mass is 10.0. The van der Waals surface area contributed by atoms with Crippen LogP contribution in [0.4, 0.5) is 0 Å². The van der Waals surface area contributed by atoms with Crippen LogP contribution in [0.15, 0.2) is 48.5 Å². The molecule has 0 bridgehead atoms. The number of nitrogens with zero attached hydrogens (tertiary/aromatic N) is 1. The minimum atomic E-state index is 0.0851. The van der Waals surface area contributed by atoms with Crippen LogP contribution in [0.25, 0.3) is 0 Å². The summed E-state index contributed by atoms with van der Waals surface area (Å²) in [5.41, 5.74) is 1.87. The van der Waals surface area contributed by atoms with Crippen molar-refractivity contribution in [3.8, 4) is 11.5 Å². The second-order valence-corrected chi connectivity index (χ2v) is 6.24. The van der Waals surface area contributed by atoms with Crippen LogP contribution in [-0.4, -0.2) is 35.6 Å². The molecule has 1 aliphatic rings. The number of rotatable bonds is 5. The molecule has 2 aromatic rings. The zero-order valence-electron chi connectivity index (χ0n) is 13.9. The van der Waals surface area contributed by atoms with Crippen LogP contribution in [-0.2, 0) is 17.6 Å². The fourth-order valence-corrected chi connectivity index (χ4v) is 3.37. The third-order valence-electron chi connectivity index (χ3n) is 4.64. The van der Waals surface area contributed by atoms with E-state index >= 15 is 0 Å². The summed E-state index contributed by atoms with van der Waals surface area (Å²) in [6, 6.07) is 15.3. The first kappa shape index (κ1) is 16.4. The Hall–Kier alpha value is -2.49. The predicted molar refractivity (Wildman–Crippen MR) is 93.2 cm³/mol. The van der Waals surface area contributed by atoms with Gasteiger partial charge in [0.1, 0.15) is 11.5 Å². The predicted octanol–water partition coefficient (Wildman–Crippen LogP) is 3.18. The molecule has 4 heteroatoms. The number of methoxy groups -OCH3 is 1. The number of carbonyl (C=O) groups is 1. The second-order valence-electron chi connectivity index (χ2n) is 6.24. The van der Waals surface area contributed by atoms with E-state index in [1.54, 1.807) is 25.3 Å². The number of ether oxygens (including phenoxy) is 1. The summed E-state index contributed by atoms with van der Waals surface area (Å²) in [4.78, 5) is 14.6. The van der Waals surface area contributed by atoms with Gasteiger partial charge in [-0.2, -0.15) is 0 Å². The third-order valence-corrected chi connectivity index (χ3v) is 4.64. The fraction of sp³-hybridized carbons (Fsp3) is 0.350. The molecule has 0 aliphatic carbocycles. The summed E-state index contributed by atoms with van der Waals surface area (Å²) in [6.07, 6.45) is 3.13. The first-order chi connectivity index (χ1) is 11.7. The van der Waals surface area contributed by atoms with Gasteiger partial charge in [0, 0.05) is 18.2 Å². The molecule has 4 nitrogen and oxygen atoms in total. The van der Waals surface area contributed by atoms with Gasteiger partial charge in [-0.3, -0.25) is 4.79 Å². The smallest absolute Gasteiger partial charge is 0.227 e. The molecule has 1 fully saturated rings. The Kier molecular flexibility index (Phi) is 5.04. The zero-order chi connectivity index (χ0) is 16.9. The molecule has 1 heterocycles. The van der Waals surface area contributed by atoms with Crippen molar-refractivity contribution >= 4 is 5.91 Å². The monoisotopic (exact) mass is 325 g/mol.